The number of fused-ring (bicyclic) bond motifs is 10. The molecule has 0 N–H and O–H groups in total. The summed E-state index contributed by atoms with van der Waals surface area (Å²) < 4.78 is 41.2. The molecule has 0 unspecified atom stereocenters. The molecule has 0 bridgehead atoms. The zero-order valence-corrected chi connectivity index (χ0v) is 37.4. The third-order valence-corrected chi connectivity index (χ3v) is 13.8. The molecule has 5 aromatic heterocycles. The quantitative estimate of drug-likeness (QED) is 0.118. The molecule has 0 atom stereocenters. The van der Waals surface area contributed by atoms with Gasteiger partial charge in [0, 0.05) is 55.7 Å². The fourth-order valence-electron chi connectivity index (χ4n) is 10.8. The molecular formula is C62H42N6O. The molecule has 0 saturated heterocycles. The summed E-state index contributed by atoms with van der Waals surface area (Å²) in [5.74, 6) is 2.03. The van der Waals surface area contributed by atoms with Gasteiger partial charge in [-0.25, -0.2) is 4.98 Å². The smallest absolute Gasteiger partial charge is 0.244 e. The van der Waals surface area contributed by atoms with E-state index < -0.39 is 6.98 Å². The minimum atomic E-state index is -2.39. The number of pyridine rings is 1. The van der Waals surface area contributed by atoms with E-state index in [9.17, 15) is 0 Å². The molecule has 69 heavy (non-hydrogen) atoms. The molecule has 0 aliphatic carbocycles. The molecule has 5 heterocycles. The Bertz CT molecular complexity index is 4280. The normalized spacial score (nSPS) is 12.7. The summed E-state index contributed by atoms with van der Waals surface area (Å²) in [6.45, 7) is -0.200. The largest absolute Gasteiger partial charge is 0.458 e. The molecule has 9 aromatic carbocycles. The highest BCUT2D eigenvalue weighted by molar-refractivity contribution is 6.12. The lowest BCUT2D eigenvalue weighted by atomic mass is 9.98. The van der Waals surface area contributed by atoms with Gasteiger partial charge in [0.05, 0.1) is 72.3 Å². The number of benzene rings is 9. The van der Waals surface area contributed by atoms with Crippen molar-refractivity contribution in [2.45, 2.75) is 6.92 Å². The summed E-state index contributed by atoms with van der Waals surface area (Å²) in [5.41, 5.74) is 13.8. The van der Waals surface area contributed by atoms with Crippen LogP contribution in [0, 0.1) is 13.3 Å². The molecule has 0 aliphatic heterocycles. The van der Waals surface area contributed by atoms with Gasteiger partial charge in [0.2, 0.25) is 6.33 Å². The monoisotopic (exact) mass is 889 g/mol. The molecule has 326 valence electrons. The molecular weight excluding hydrogens is 845 g/mol. The number of ether oxygens (including phenoxy) is 1. The average Bonchev–Trinajstić information content (AvgIpc) is 4.16. The topological polar surface area (TPSA) is 45.7 Å². The molecule has 7 nitrogen and oxygen atoms in total. The first-order valence-corrected chi connectivity index (χ1v) is 23.1. The first-order chi connectivity index (χ1) is 35.3. The molecule has 14 rings (SSSR count). The summed E-state index contributed by atoms with van der Waals surface area (Å²) in [6.07, 6.45) is 5.13. The van der Waals surface area contributed by atoms with Crippen LogP contribution in [0.5, 0.6) is 11.5 Å². The average molecular weight is 890 g/mol. The second-order valence-corrected chi connectivity index (χ2v) is 17.7. The molecule has 0 aliphatic rings. The maximum Gasteiger partial charge on any atom is 0.244 e. The predicted octanol–water partition coefficient (Wildman–Crippen LogP) is 14.7. The maximum absolute atomic E-state index is 8.15. The Morgan fingerprint density at radius 2 is 0.957 bits per heavy atom. The van der Waals surface area contributed by atoms with Gasteiger partial charge in [0.25, 0.3) is 0 Å². The van der Waals surface area contributed by atoms with Crippen LogP contribution in [0.2, 0.25) is 0 Å². The molecule has 0 saturated carbocycles. The van der Waals surface area contributed by atoms with Gasteiger partial charge < -0.3 is 23.0 Å². The van der Waals surface area contributed by atoms with Crippen LogP contribution in [-0.2, 0) is 6.98 Å². The summed E-state index contributed by atoms with van der Waals surface area (Å²) in [6, 6.07) is 73.3. The van der Waals surface area contributed by atoms with Crippen LogP contribution >= 0.6 is 0 Å². The van der Waals surface area contributed by atoms with E-state index in [1.165, 1.54) is 26.1 Å². The first kappa shape index (κ1) is 36.0. The van der Waals surface area contributed by atoms with Crippen LogP contribution in [0.15, 0.2) is 219 Å². The number of para-hydroxylation sites is 7. The van der Waals surface area contributed by atoms with Crippen LogP contribution in [-0.4, -0.2) is 23.3 Å². The van der Waals surface area contributed by atoms with Gasteiger partial charge in [-0.2, -0.15) is 0 Å². The minimum absolute atomic E-state index is 0.565. The minimum Gasteiger partial charge on any atom is -0.458 e. The fraction of sp³-hybridized carbons (Fsp3) is 0.0323. The number of aryl methyl sites for hydroxylation is 2. The van der Waals surface area contributed by atoms with Crippen LogP contribution < -0.4 is 9.30 Å². The van der Waals surface area contributed by atoms with Gasteiger partial charge >= 0.3 is 0 Å². The van der Waals surface area contributed by atoms with Crippen molar-refractivity contribution in [1.29, 1.82) is 0 Å². The van der Waals surface area contributed by atoms with Gasteiger partial charge in [-0.3, -0.25) is 4.57 Å². The summed E-state index contributed by atoms with van der Waals surface area (Å²) in [7, 11) is 0. The highest BCUT2D eigenvalue weighted by atomic mass is 16.5. The van der Waals surface area contributed by atoms with E-state index in [4.69, 9.17) is 13.8 Å². The van der Waals surface area contributed by atoms with Gasteiger partial charge in [0.1, 0.15) is 17.3 Å². The second-order valence-electron chi connectivity index (χ2n) is 17.7. The van der Waals surface area contributed by atoms with E-state index in [1.54, 1.807) is 10.6 Å². The second kappa shape index (κ2) is 15.2. The zero-order chi connectivity index (χ0) is 48.2. The Kier molecular flexibility index (Phi) is 7.91. The summed E-state index contributed by atoms with van der Waals surface area (Å²) in [5, 5.41) is 6.98. The fourth-order valence-corrected chi connectivity index (χ4v) is 10.8. The first-order valence-electron chi connectivity index (χ1n) is 24.6. The van der Waals surface area contributed by atoms with Crippen molar-refractivity contribution >= 4 is 76.5 Å². The van der Waals surface area contributed by atoms with E-state index in [1.807, 2.05) is 48.5 Å². The lowest BCUT2D eigenvalue weighted by Crippen LogP contribution is -2.26. The summed E-state index contributed by atoms with van der Waals surface area (Å²) in [4.78, 5) is 5.41. The number of nitrogens with zero attached hydrogens (tertiary/aromatic N) is 6. The Morgan fingerprint density at radius 3 is 1.52 bits per heavy atom. The van der Waals surface area contributed by atoms with Crippen molar-refractivity contribution < 1.29 is 13.4 Å². The maximum atomic E-state index is 8.15. The van der Waals surface area contributed by atoms with Gasteiger partial charge in [-0.1, -0.05) is 133 Å². The van der Waals surface area contributed by atoms with Gasteiger partial charge in [-0.05, 0) is 85.3 Å². The molecule has 7 heteroatoms. The Morgan fingerprint density at radius 1 is 0.464 bits per heavy atom. The van der Waals surface area contributed by atoms with Gasteiger partial charge in [-0.15, -0.1) is 0 Å². The highest BCUT2D eigenvalue weighted by Crippen LogP contribution is 2.44. The molecule has 0 fully saturated rings. The van der Waals surface area contributed by atoms with E-state index in [-0.39, 0.29) is 0 Å². The standard InChI is InChI=1S/C62H42N6O/c1-40-35-61(68-55-28-12-7-23-48(55)49-34-33-43(37-60(49)68)69-42-18-15-17-41(36-42)65-39-64(2)56-29-13-14-30-57(56)65)63-38-50(40)62-58(66-51-24-8-3-19-44(51)45-20-4-9-25-52(45)66)31-16-32-59(62)67-53-26-10-5-21-46(53)47-22-6-11-27-54(47)67/h3-38H,1-2H3/i2D3. The number of aromatic nitrogens is 6. The predicted molar refractivity (Wildman–Crippen MR) is 281 cm³/mol. The van der Waals surface area contributed by atoms with Crippen molar-refractivity contribution in [2.24, 2.45) is 6.98 Å². The Hall–Kier alpha value is -9.20. The lowest BCUT2D eigenvalue weighted by Gasteiger charge is -2.21. The van der Waals surface area contributed by atoms with E-state index in [2.05, 4.69) is 191 Å². The third kappa shape index (κ3) is 5.93. The van der Waals surface area contributed by atoms with E-state index >= 15 is 0 Å². The molecule has 0 spiro atoms. The third-order valence-electron chi connectivity index (χ3n) is 13.8. The van der Waals surface area contributed by atoms with Crippen molar-refractivity contribution in [2.75, 3.05) is 0 Å². The van der Waals surface area contributed by atoms with Gasteiger partial charge in [0.15, 0.2) is 0 Å². The van der Waals surface area contributed by atoms with Crippen LogP contribution in [0.25, 0.3) is 110 Å². The molecule has 14 aromatic rings. The van der Waals surface area contributed by atoms with Crippen molar-refractivity contribution in [3.05, 3.63) is 230 Å². The zero-order valence-electron chi connectivity index (χ0n) is 40.4. The molecule has 0 amide bonds. The number of rotatable bonds is 7. The highest BCUT2D eigenvalue weighted by Gasteiger charge is 2.24. The SMILES string of the molecule is [2H]C([2H])([2H])[n+]1[c-]n(-c2cccc(Oc3ccc4c5ccccc5n(-c5cc(C)c(-c6c(-n7c8ccccc8c8ccccc87)cccc6-n6c7ccccc7c7ccccc76)cn5)c4c3)c2)c2ccccc21. The van der Waals surface area contributed by atoms with E-state index in [0.29, 0.717) is 17.0 Å². The van der Waals surface area contributed by atoms with Crippen LogP contribution in [0.4, 0.5) is 0 Å². The van der Waals surface area contributed by atoms with Crippen LogP contribution in [0.1, 0.15) is 9.68 Å². The Labute approximate surface area is 401 Å². The van der Waals surface area contributed by atoms with Crippen molar-refractivity contribution in [3.63, 3.8) is 0 Å². The lowest BCUT2D eigenvalue weighted by molar-refractivity contribution is -0.649. The Balaban J connectivity index is 0.938. The molecule has 0 radical (unpaired) electrons. The van der Waals surface area contributed by atoms with Crippen molar-refractivity contribution in [1.82, 2.24) is 23.3 Å². The number of imidazole rings is 1. The van der Waals surface area contributed by atoms with Crippen molar-refractivity contribution in [3.8, 4) is 45.5 Å². The van der Waals surface area contributed by atoms with Crippen LogP contribution in [0.3, 0.4) is 0 Å². The van der Waals surface area contributed by atoms with E-state index in [0.717, 1.165) is 89.0 Å². The number of hydrogen-bond donors (Lipinski definition) is 0. The summed E-state index contributed by atoms with van der Waals surface area (Å²) >= 11 is 0. The number of hydrogen-bond acceptors (Lipinski definition) is 2.